The largest absolute Gasteiger partial charge is 0.457 e. The van der Waals surface area contributed by atoms with Gasteiger partial charge in [0.05, 0.1) is 5.69 Å². The van der Waals surface area contributed by atoms with Crippen molar-refractivity contribution in [3.8, 4) is 11.5 Å². The van der Waals surface area contributed by atoms with Crippen LogP contribution in [0, 0.1) is 5.82 Å². The number of rotatable bonds is 5. The number of aromatic nitrogens is 1. The number of benzene rings is 2. The van der Waals surface area contributed by atoms with Crippen molar-refractivity contribution in [1.82, 2.24) is 4.98 Å². The topological polar surface area (TPSA) is 77.2 Å². The molecule has 0 radical (unpaired) electrons. The molecule has 24 heavy (non-hydrogen) atoms. The molecule has 0 saturated heterocycles. The molecule has 1 aromatic heterocycles. The molecule has 3 N–H and O–H groups in total. The molecule has 0 aliphatic heterocycles. The Morgan fingerprint density at radius 1 is 1.12 bits per heavy atom. The van der Waals surface area contributed by atoms with E-state index in [1.165, 1.54) is 12.1 Å². The zero-order valence-corrected chi connectivity index (χ0v) is 12.8. The first-order valence-electron chi connectivity index (χ1n) is 7.47. The van der Waals surface area contributed by atoms with Crippen molar-refractivity contribution in [3.05, 3.63) is 60.7 Å². The average Bonchev–Trinajstić information content (AvgIpc) is 2.59. The lowest BCUT2D eigenvalue weighted by atomic mass is 10.1. The third kappa shape index (κ3) is 3.49. The maximum atomic E-state index is 13.0. The summed E-state index contributed by atoms with van der Waals surface area (Å²) in [5.41, 5.74) is 6.04. The number of amides is 1. The van der Waals surface area contributed by atoms with Crippen LogP contribution in [0.5, 0.6) is 11.5 Å². The number of nitrogens with one attached hydrogen (secondary N) is 1. The molecule has 122 valence electrons. The van der Waals surface area contributed by atoms with Crippen LogP contribution in [0.4, 0.5) is 10.1 Å². The molecular formula is C18H16FN3O2. The minimum Gasteiger partial charge on any atom is -0.457 e. The quantitative estimate of drug-likeness (QED) is 0.753. The fourth-order valence-corrected chi connectivity index (χ4v) is 2.33. The molecule has 0 aliphatic carbocycles. The monoisotopic (exact) mass is 325 g/mol. The molecule has 0 fully saturated rings. The van der Waals surface area contributed by atoms with E-state index in [9.17, 15) is 9.18 Å². The van der Waals surface area contributed by atoms with Gasteiger partial charge >= 0.3 is 0 Å². The van der Waals surface area contributed by atoms with Gasteiger partial charge in [-0.2, -0.15) is 0 Å². The van der Waals surface area contributed by atoms with E-state index < -0.39 is 0 Å². The smallest absolute Gasteiger partial charge is 0.225 e. The van der Waals surface area contributed by atoms with Gasteiger partial charge in [-0.3, -0.25) is 9.78 Å². The van der Waals surface area contributed by atoms with Crippen molar-refractivity contribution < 1.29 is 13.9 Å². The summed E-state index contributed by atoms with van der Waals surface area (Å²) >= 11 is 0. The standard InChI is InChI=1S/C18H16FN3O2/c19-12-1-3-13(4-2-12)24-17-6-5-16(22-18(23)7-9-20)15-11-21-10-8-14(15)17/h1-6,8,10-11H,7,9,20H2,(H,22,23). The number of ether oxygens (including phenoxy) is 1. The zero-order chi connectivity index (χ0) is 16.9. The lowest BCUT2D eigenvalue weighted by Gasteiger charge is -2.13. The summed E-state index contributed by atoms with van der Waals surface area (Å²) in [5.74, 6) is 0.634. The summed E-state index contributed by atoms with van der Waals surface area (Å²) < 4.78 is 18.8. The van der Waals surface area contributed by atoms with Crippen LogP contribution in [0.1, 0.15) is 6.42 Å². The zero-order valence-electron chi connectivity index (χ0n) is 12.8. The number of pyridine rings is 1. The second kappa shape index (κ2) is 7.06. The normalized spacial score (nSPS) is 10.6. The van der Waals surface area contributed by atoms with Crippen LogP contribution >= 0.6 is 0 Å². The second-order valence-corrected chi connectivity index (χ2v) is 5.18. The van der Waals surface area contributed by atoms with Gasteiger partial charge in [-0.05, 0) is 42.5 Å². The van der Waals surface area contributed by atoms with Crippen LogP contribution in [0.25, 0.3) is 10.8 Å². The molecule has 6 heteroatoms. The van der Waals surface area contributed by atoms with Gasteiger partial charge in [-0.25, -0.2) is 4.39 Å². The molecular weight excluding hydrogens is 309 g/mol. The van der Waals surface area contributed by atoms with E-state index in [-0.39, 0.29) is 24.7 Å². The summed E-state index contributed by atoms with van der Waals surface area (Å²) in [4.78, 5) is 15.9. The highest BCUT2D eigenvalue weighted by Crippen LogP contribution is 2.34. The first-order valence-corrected chi connectivity index (χ1v) is 7.47. The Kier molecular flexibility index (Phi) is 4.67. The SMILES string of the molecule is NCCC(=O)Nc1ccc(Oc2ccc(F)cc2)c2ccncc12. The summed E-state index contributed by atoms with van der Waals surface area (Å²) in [5, 5.41) is 4.36. The van der Waals surface area contributed by atoms with Crippen molar-refractivity contribution in [2.24, 2.45) is 5.73 Å². The molecule has 0 aliphatic rings. The van der Waals surface area contributed by atoms with E-state index in [4.69, 9.17) is 10.5 Å². The Morgan fingerprint density at radius 3 is 2.67 bits per heavy atom. The third-order valence-corrected chi connectivity index (χ3v) is 3.47. The van der Waals surface area contributed by atoms with Crippen molar-refractivity contribution in [3.63, 3.8) is 0 Å². The van der Waals surface area contributed by atoms with E-state index in [0.29, 0.717) is 17.2 Å². The van der Waals surface area contributed by atoms with Gasteiger partial charge < -0.3 is 15.8 Å². The van der Waals surface area contributed by atoms with Gasteiger partial charge in [0.15, 0.2) is 0 Å². The van der Waals surface area contributed by atoms with Crippen LogP contribution < -0.4 is 15.8 Å². The van der Waals surface area contributed by atoms with E-state index in [1.807, 2.05) is 0 Å². The maximum absolute atomic E-state index is 13.0. The van der Waals surface area contributed by atoms with Crippen molar-refractivity contribution in [1.29, 1.82) is 0 Å². The van der Waals surface area contributed by atoms with Gasteiger partial charge in [0, 0.05) is 36.1 Å². The fourth-order valence-electron chi connectivity index (χ4n) is 2.33. The van der Waals surface area contributed by atoms with Gasteiger partial charge in [-0.15, -0.1) is 0 Å². The second-order valence-electron chi connectivity index (χ2n) is 5.18. The number of halogens is 1. The molecule has 3 aromatic rings. The number of nitrogens with zero attached hydrogens (tertiary/aromatic N) is 1. The van der Waals surface area contributed by atoms with Crippen LogP contribution in [0.15, 0.2) is 54.9 Å². The highest BCUT2D eigenvalue weighted by Gasteiger charge is 2.10. The average molecular weight is 325 g/mol. The number of fused-ring (bicyclic) bond motifs is 1. The summed E-state index contributed by atoms with van der Waals surface area (Å²) in [6, 6.07) is 11.1. The predicted octanol–water partition coefficient (Wildman–Crippen LogP) is 3.45. The molecule has 0 unspecified atom stereocenters. The van der Waals surface area contributed by atoms with Crippen LogP contribution in [0.2, 0.25) is 0 Å². The summed E-state index contributed by atoms with van der Waals surface area (Å²) in [7, 11) is 0. The van der Waals surface area contributed by atoms with Gasteiger partial charge in [0.1, 0.15) is 17.3 Å². The molecule has 0 saturated carbocycles. The maximum Gasteiger partial charge on any atom is 0.225 e. The molecule has 2 aromatic carbocycles. The lowest BCUT2D eigenvalue weighted by Crippen LogP contribution is -2.16. The van der Waals surface area contributed by atoms with Crippen LogP contribution in [-0.4, -0.2) is 17.4 Å². The Morgan fingerprint density at radius 2 is 1.92 bits per heavy atom. The van der Waals surface area contributed by atoms with E-state index in [2.05, 4.69) is 10.3 Å². The fraction of sp³-hybridized carbons (Fsp3) is 0.111. The molecule has 0 spiro atoms. The number of hydrogen-bond acceptors (Lipinski definition) is 4. The highest BCUT2D eigenvalue weighted by atomic mass is 19.1. The third-order valence-electron chi connectivity index (χ3n) is 3.47. The highest BCUT2D eigenvalue weighted by molar-refractivity contribution is 6.04. The Bertz CT molecular complexity index is 866. The van der Waals surface area contributed by atoms with Gasteiger partial charge in [0.2, 0.25) is 5.91 Å². The Hall–Kier alpha value is -2.99. The number of carbonyl (C=O) groups is 1. The number of hydrogen-bond donors (Lipinski definition) is 2. The van der Waals surface area contributed by atoms with E-state index >= 15 is 0 Å². The van der Waals surface area contributed by atoms with Gasteiger partial charge in [0.25, 0.3) is 0 Å². The van der Waals surface area contributed by atoms with Crippen LogP contribution in [-0.2, 0) is 4.79 Å². The van der Waals surface area contributed by atoms with Gasteiger partial charge in [-0.1, -0.05) is 0 Å². The molecule has 0 bridgehead atoms. The molecule has 1 heterocycles. The number of carbonyl (C=O) groups excluding carboxylic acids is 1. The summed E-state index contributed by atoms with van der Waals surface area (Å²) in [6.07, 6.45) is 3.55. The lowest BCUT2D eigenvalue weighted by molar-refractivity contribution is -0.116. The molecule has 0 atom stereocenters. The number of anilines is 1. The predicted molar refractivity (Wildman–Crippen MR) is 90.5 cm³/mol. The molecule has 1 amide bonds. The van der Waals surface area contributed by atoms with Crippen molar-refractivity contribution in [2.75, 3.05) is 11.9 Å². The Labute approximate surface area is 138 Å². The van der Waals surface area contributed by atoms with E-state index in [0.717, 1.165) is 10.8 Å². The molecule has 3 rings (SSSR count). The number of nitrogens with two attached hydrogens (primary N) is 1. The molecule has 5 nitrogen and oxygen atoms in total. The minimum absolute atomic E-state index is 0.158. The first kappa shape index (κ1) is 15.9. The van der Waals surface area contributed by atoms with Crippen molar-refractivity contribution in [2.45, 2.75) is 6.42 Å². The van der Waals surface area contributed by atoms with Crippen molar-refractivity contribution >= 4 is 22.4 Å². The summed E-state index contributed by atoms with van der Waals surface area (Å²) in [6.45, 7) is 0.285. The van der Waals surface area contributed by atoms with Crippen LogP contribution in [0.3, 0.4) is 0 Å². The Balaban J connectivity index is 1.95. The first-order chi connectivity index (χ1) is 11.7. The minimum atomic E-state index is -0.325. The van der Waals surface area contributed by atoms with E-state index in [1.54, 1.807) is 42.7 Å².